The van der Waals surface area contributed by atoms with Crippen molar-refractivity contribution in [2.45, 2.75) is 17.1 Å². The third-order valence-corrected chi connectivity index (χ3v) is 6.14. The van der Waals surface area contributed by atoms with Crippen molar-refractivity contribution in [1.29, 1.82) is 0 Å². The van der Waals surface area contributed by atoms with Crippen LogP contribution in [0, 0.1) is 0 Å². The van der Waals surface area contributed by atoms with Crippen molar-refractivity contribution in [2.75, 3.05) is 19.8 Å². The van der Waals surface area contributed by atoms with Crippen LogP contribution < -0.4 is 14.2 Å². The van der Waals surface area contributed by atoms with Gasteiger partial charge in [-0.05, 0) is 35.6 Å². The molecule has 7 heteroatoms. The number of rotatable bonds is 5. The van der Waals surface area contributed by atoms with Crippen molar-refractivity contribution in [1.82, 2.24) is 4.72 Å². The van der Waals surface area contributed by atoms with Gasteiger partial charge in [0.15, 0.2) is 11.5 Å². The van der Waals surface area contributed by atoms with Gasteiger partial charge in [-0.25, -0.2) is 13.1 Å². The number of hydrogen-bond donors (Lipinski definition) is 1. The molecule has 2 aromatic rings. The van der Waals surface area contributed by atoms with Crippen LogP contribution in [0.25, 0.3) is 0 Å². The molecule has 2 heterocycles. The first-order valence-corrected chi connectivity index (χ1v) is 9.43. The molecule has 0 atom stereocenters. The molecule has 0 bridgehead atoms. The third-order valence-electron chi connectivity index (χ3n) is 3.28. The molecule has 1 N–H and O–H groups in total. The van der Waals surface area contributed by atoms with Gasteiger partial charge < -0.3 is 9.47 Å². The van der Waals surface area contributed by atoms with Gasteiger partial charge in [0.2, 0.25) is 10.0 Å². The van der Waals surface area contributed by atoms with E-state index >= 15 is 0 Å². The number of thiophene rings is 1. The maximum Gasteiger partial charge on any atom is 0.250 e. The molecule has 0 aliphatic carbocycles. The molecule has 1 aliphatic heterocycles. The molecule has 0 amide bonds. The van der Waals surface area contributed by atoms with Gasteiger partial charge in [-0.15, -0.1) is 11.3 Å². The van der Waals surface area contributed by atoms with Gasteiger partial charge in [-0.2, -0.15) is 0 Å². The number of ether oxygens (including phenoxy) is 2. The van der Waals surface area contributed by atoms with Crippen LogP contribution in [0.1, 0.15) is 12.0 Å². The molecular weight excluding hydrogens is 322 g/mol. The SMILES string of the molecule is O=S(=O)(NCCc1ccc2c(c1)OCCCO2)c1cccs1. The van der Waals surface area contributed by atoms with Crippen LogP contribution in [0.15, 0.2) is 39.9 Å². The summed E-state index contributed by atoms with van der Waals surface area (Å²) < 4.78 is 38.2. The lowest BCUT2D eigenvalue weighted by Crippen LogP contribution is -2.25. The van der Waals surface area contributed by atoms with E-state index in [1.54, 1.807) is 17.5 Å². The van der Waals surface area contributed by atoms with Crippen molar-refractivity contribution in [2.24, 2.45) is 0 Å². The summed E-state index contributed by atoms with van der Waals surface area (Å²) >= 11 is 1.21. The summed E-state index contributed by atoms with van der Waals surface area (Å²) in [5, 5.41) is 1.75. The summed E-state index contributed by atoms with van der Waals surface area (Å²) in [6.45, 7) is 1.65. The summed E-state index contributed by atoms with van der Waals surface area (Å²) in [4.78, 5) is 0. The van der Waals surface area contributed by atoms with Gasteiger partial charge >= 0.3 is 0 Å². The molecule has 3 rings (SSSR count). The zero-order valence-corrected chi connectivity index (χ0v) is 13.6. The molecule has 0 spiro atoms. The Kier molecular flexibility index (Phi) is 4.66. The summed E-state index contributed by atoms with van der Waals surface area (Å²) in [5.74, 6) is 1.48. The zero-order valence-electron chi connectivity index (χ0n) is 11.9. The lowest BCUT2D eigenvalue weighted by atomic mass is 10.1. The van der Waals surface area contributed by atoms with E-state index in [1.807, 2.05) is 18.2 Å². The van der Waals surface area contributed by atoms with Crippen molar-refractivity contribution in [3.63, 3.8) is 0 Å². The lowest BCUT2D eigenvalue weighted by Gasteiger charge is -2.10. The summed E-state index contributed by atoms with van der Waals surface area (Å²) in [6, 6.07) is 9.06. The molecule has 0 saturated heterocycles. The molecular formula is C15H17NO4S2. The molecule has 1 aromatic heterocycles. The van der Waals surface area contributed by atoms with Crippen LogP contribution in [0.5, 0.6) is 11.5 Å². The van der Waals surface area contributed by atoms with Gasteiger partial charge in [0.05, 0.1) is 13.2 Å². The van der Waals surface area contributed by atoms with E-state index in [0.717, 1.165) is 23.5 Å². The summed E-state index contributed by atoms with van der Waals surface area (Å²) in [6.07, 6.45) is 1.46. The Bertz CT molecular complexity index is 726. The fraction of sp³-hybridized carbons (Fsp3) is 0.333. The molecule has 22 heavy (non-hydrogen) atoms. The predicted octanol–water partition coefficient (Wildman–Crippen LogP) is 2.43. The first kappa shape index (κ1) is 15.3. The van der Waals surface area contributed by atoms with E-state index < -0.39 is 10.0 Å². The Morgan fingerprint density at radius 2 is 1.95 bits per heavy atom. The van der Waals surface area contributed by atoms with E-state index in [9.17, 15) is 8.42 Å². The van der Waals surface area contributed by atoms with Crippen LogP contribution in [-0.4, -0.2) is 28.2 Å². The Labute approximate surface area is 133 Å². The Hall–Kier alpha value is -1.57. The number of nitrogens with one attached hydrogen (secondary N) is 1. The minimum atomic E-state index is -3.40. The minimum absolute atomic E-state index is 0.339. The van der Waals surface area contributed by atoms with E-state index in [-0.39, 0.29) is 0 Å². The van der Waals surface area contributed by atoms with Crippen molar-refractivity contribution in [3.8, 4) is 11.5 Å². The normalized spacial score (nSPS) is 14.5. The van der Waals surface area contributed by atoms with E-state index in [4.69, 9.17) is 9.47 Å². The summed E-state index contributed by atoms with van der Waals surface area (Å²) in [7, 11) is -3.40. The molecule has 0 fully saturated rings. The van der Waals surface area contributed by atoms with Crippen LogP contribution in [0.4, 0.5) is 0 Å². The molecule has 0 saturated carbocycles. The first-order valence-electron chi connectivity index (χ1n) is 7.07. The standard InChI is InChI=1S/C15H17NO4S2/c17-22(18,15-3-1-10-21-15)16-7-6-12-4-5-13-14(11-12)20-9-2-8-19-13/h1,3-5,10-11,16H,2,6-9H2. The number of benzene rings is 1. The van der Waals surface area contributed by atoms with Gasteiger partial charge in [0.25, 0.3) is 0 Å². The molecule has 118 valence electrons. The van der Waals surface area contributed by atoms with Gasteiger partial charge in [0.1, 0.15) is 4.21 Å². The largest absolute Gasteiger partial charge is 0.490 e. The maximum atomic E-state index is 12.0. The second-order valence-electron chi connectivity index (χ2n) is 4.91. The number of hydrogen-bond acceptors (Lipinski definition) is 5. The highest BCUT2D eigenvalue weighted by atomic mass is 32.2. The molecule has 1 aliphatic rings. The zero-order chi connectivity index (χ0) is 15.4. The quantitative estimate of drug-likeness (QED) is 0.909. The topological polar surface area (TPSA) is 64.6 Å². The van der Waals surface area contributed by atoms with E-state index in [1.165, 1.54) is 11.3 Å². The Balaban J connectivity index is 1.61. The second-order valence-corrected chi connectivity index (χ2v) is 7.85. The molecule has 0 unspecified atom stereocenters. The fourth-order valence-corrected chi connectivity index (χ4v) is 4.25. The van der Waals surface area contributed by atoms with E-state index in [0.29, 0.717) is 30.4 Å². The first-order chi connectivity index (χ1) is 10.6. The number of fused-ring (bicyclic) bond motifs is 1. The average Bonchev–Trinajstić information content (AvgIpc) is 2.95. The predicted molar refractivity (Wildman–Crippen MR) is 85.3 cm³/mol. The van der Waals surface area contributed by atoms with Crippen molar-refractivity contribution < 1.29 is 17.9 Å². The minimum Gasteiger partial charge on any atom is -0.490 e. The van der Waals surface area contributed by atoms with Crippen LogP contribution in [-0.2, 0) is 16.4 Å². The average molecular weight is 339 g/mol. The second kappa shape index (κ2) is 6.68. The Morgan fingerprint density at radius 1 is 1.14 bits per heavy atom. The van der Waals surface area contributed by atoms with Crippen LogP contribution >= 0.6 is 11.3 Å². The van der Waals surface area contributed by atoms with Crippen LogP contribution in [0.3, 0.4) is 0 Å². The highest BCUT2D eigenvalue weighted by molar-refractivity contribution is 7.91. The lowest BCUT2D eigenvalue weighted by molar-refractivity contribution is 0.297. The van der Waals surface area contributed by atoms with E-state index in [2.05, 4.69) is 4.72 Å². The van der Waals surface area contributed by atoms with Gasteiger partial charge in [0, 0.05) is 13.0 Å². The van der Waals surface area contributed by atoms with Gasteiger partial charge in [-0.1, -0.05) is 12.1 Å². The maximum absolute atomic E-state index is 12.0. The monoisotopic (exact) mass is 339 g/mol. The Morgan fingerprint density at radius 3 is 2.73 bits per heavy atom. The smallest absolute Gasteiger partial charge is 0.250 e. The number of sulfonamides is 1. The highest BCUT2D eigenvalue weighted by Gasteiger charge is 2.15. The van der Waals surface area contributed by atoms with Crippen molar-refractivity contribution in [3.05, 3.63) is 41.3 Å². The molecule has 5 nitrogen and oxygen atoms in total. The molecule has 1 aromatic carbocycles. The third kappa shape index (κ3) is 3.60. The summed E-state index contributed by atoms with van der Waals surface area (Å²) in [5.41, 5.74) is 1.01. The van der Waals surface area contributed by atoms with Crippen molar-refractivity contribution >= 4 is 21.4 Å². The highest BCUT2D eigenvalue weighted by Crippen LogP contribution is 2.30. The van der Waals surface area contributed by atoms with Crippen LogP contribution in [0.2, 0.25) is 0 Å². The van der Waals surface area contributed by atoms with Gasteiger partial charge in [-0.3, -0.25) is 0 Å². The molecule has 0 radical (unpaired) electrons. The fourth-order valence-electron chi connectivity index (χ4n) is 2.18.